The van der Waals surface area contributed by atoms with E-state index < -0.39 is 67.7 Å². The Morgan fingerprint density at radius 1 is 0.325 bits per heavy atom. The second-order valence-electron chi connectivity index (χ2n) is 20.5. The smallest absolute Gasteiger partial charge is 0.425 e. The average Bonchev–Trinajstić information content (AvgIpc) is 3.51. The lowest BCUT2D eigenvalue weighted by Crippen LogP contribution is -2.36. The summed E-state index contributed by atoms with van der Waals surface area (Å²) in [4.78, 5) is 51.6. The molecule has 0 bridgehead atoms. The Labute approximate surface area is 482 Å². The van der Waals surface area contributed by atoms with Crippen LogP contribution < -0.4 is 18.9 Å². The molecule has 0 spiro atoms. The number of unbranched alkanes of at least 4 members (excludes halogenated alkanes) is 14. The number of ether oxygens (including phenoxy) is 6. The molecule has 0 aliphatic heterocycles. The molecule has 16 heteroatoms. The Bertz CT molecular complexity index is 2690. The maximum absolute atomic E-state index is 14.1. The van der Waals surface area contributed by atoms with Crippen molar-refractivity contribution in [2.75, 3.05) is 13.2 Å². The van der Waals surface area contributed by atoms with Gasteiger partial charge in [0, 0.05) is 0 Å². The number of carbonyl (C=O) groups is 4. The van der Waals surface area contributed by atoms with Crippen molar-refractivity contribution >= 4 is 23.9 Å². The monoisotopic (exact) mass is 1150 g/mol. The van der Waals surface area contributed by atoms with Crippen molar-refractivity contribution in [3.8, 4) is 45.3 Å². The Morgan fingerprint density at radius 3 is 0.880 bits per heavy atom. The van der Waals surface area contributed by atoms with Gasteiger partial charge < -0.3 is 28.4 Å². The number of rotatable bonds is 34. The summed E-state index contributed by atoms with van der Waals surface area (Å²) < 4.78 is 117. The van der Waals surface area contributed by atoms with Gasteiger partial charge in [-0.05, 0) is 151 Å². The summed E-state index contributed by atoms with van der Waals surface area (Å²) in [6.07, 6.45) is 0.466. The maximum Gasteiger partial charge on any atom is 0.425 e. The molecule has 0 heterocycles. The third-order valence-corrected chi connectivity index (χ3v) is 13.9. The van der Waals surface area contributed by atoms with E-state index in [1.165, 1.54) is 101 Å². The van der Waals surface area contributed by atoms with E-state index in [4.69, 9.17) is 28.4 Å². The van der Waals surface area contributed by atoms with Crippen molar-refractivity contribution < 1.29 is 73.9 Å². The first-order valence-corrected chi connectivity index (χ1v) is 28.9. The SMILES string of the molecule is CCCCCCCCCCOc1ccc(-c2ccc(C(=O)Oc3ccc(C(=O)O[C@H](CCC[C@@H](OC(=O)c4ccc(OC(=O)c5ccc(-c6ccc(OCCCCCCCCCC)cc6)cc5)cc4)C(F)(F)F)C(F)(F)F)cc3)cc2)cc1. The molecule has 0 radical (unpaired) electrons. The van der Waals surface area contributed by atoms with Gasteiger partial charge in [-0.1, -0.05) is 152 Å². The molecule has 6 rings (SSSR count). The fraction of sp³-hybridized carbons (Fsp3) is 0.403. The minimum absolute atomic E-state index is 0.0251. The van der Waals surface area contributed by atoms with Gasteiger partial charge in [0.25, 0.3) is 0 Å². The van der Waals surface area contributed by atoms with Crippen LogP contribution in [-0.2, 0) is 9.47 Å². The molecule has 2 atom stereocenters. The molecule has 6 aromatic rings. The Balaban J connectivity index is 0.910. The summed E-state index contributed by atoms with van der Waals surface area (Å²) in [6.45, 7) is 5.71. The second-order valence-corrected chi connectivity index (χ2v) is 20.5. The van der Waals surface area contributed by atoms with Crippen molar-refractivity contribution in [2.45, 2.75) is 160 Å². The highest BCUT2D eigenvalue weighted by Gasteiger charge is 2.45. The van der Waals surface area contributed by atoms with Crippen LogP contribution in [0.15, 0.2) is 146 Å². The van der Waals surface area contributed by atoms with Gasteiger partial charge in [-0.15, -0.1) is 0 Å². The largest absolute Gasteiger partial charge is 0.494 e. The number of carbonyl (C=O) groups excluding carboxylic acids is 4. The summed E-state index contributed by atoms with van der Waals surface area (Å²) in [5, 5.41) is 0. The zero-order valence-electron chi connectivity index (χ0n) is 47.2. The lowest BCUT2D eigenvalue weighted by atomic mass is 10.0. The topological polar surface area (TPSA) is 124 Å². The second kappa shape index (κ2) is 33.5. The van der Waals surface area contributed by atoms with Crippen molar-refractivity contribution in [1.82, 2.24) is 0 Å². The number of hydrogen-bond donors (Lipinski definition) is 0. The first-order valence-electron chi connectivity index (χ1n) is 28.9. The Kier molecular flexibility index (Phi) is 26.0. The number of alkyl halides is 6. The third-order valence-electron chi connectivity index (χ3n) is 13.9. The summed E-state index contributed by atoms with van der Waals surface area (Å²) in [5.74, 6) is -2.85. The molecule has 0 saturated heterocycles. The van der Waals surface area contributed by atoms with Gasteiger partial charge in [-0.2, -0.15) is 26.3 Å². The van der Waals surface area contributed by atoms with Crippen molar-refractivity contribution in [3.05, 3.63) is 168 Å². The van der Waals surface area contributed by atoms with Crippen LogP contribution in [-0.4, -0.2) is 61.7 Å². The predicted molar refractivity (Wildman–Crippen MR) is 307 cm³/mol. The molecule has 83 heavy (non-hydrogen) atoms. The van der Waals surface area contributed by atoms with Crippen LogP contribution in [0.4, 0.5) is 26.3 Å². The van der Waals surface area contributed by atoms with E-state index in [1.54, 1.807) is 48.5 Å². The Hall–Kier alpha value is -7.62. The number of halogens is 6. The fourth-order valence-electron chi connectivity index (χ4n) is 9.05. The van der Waals surface area contributed by atoms with Crippen LogP contribution >= 0.6 is 0 Å². The van der Waals surface area contributed by atoms with E-state index in [1.807, 2.05) is 48.5 Å². The minimum atomic E-state index is -5.17. The fourth-order valence-corrected chi connectivity index (χ4v) is 9.05. The molecule has 0 saturated carbocycles. The van der Waals surface area contributed by atoms with Crippen LogP contribution in [0.3, 0.4) is 0 Å². The van der Waals surface area contributed by atoms with Gasteiger partial charge >= 0.3 is 36.2 Å². The highest BCUT2D eigenvalue weighted by atomic mass is 19.4. The molecule has 10 nitrogen and oxygen atoms in total. The molecule has 0 unspecified atom stereocenters. The average molecular weight is 1150 g/mol. The van der Waals surface area contributed by atoms with Crippen LogP contribution in [0.25, 0.3) is 22.3 Å². The molecule has 0 aromatic heterocycles. The number of hydrogen-bond acceptors (Lipinski definition) is 10. The lowest BCUT2D eigenvalue weighted by Gasteiger charge is -2.23. The summed E-state index contributed by atoms with van der Waals surface area (Å²) in [6, 6.07) is 37.6. The molecule has 6 aromatic carbocycles. The van der Waals surface area contributed by atoms with Gasteiger partial charge in [-0.3, -0.25) is 0 Å². The predicted octanol–water partition coefficient (Wildman–Crippen LogP) is 18.5. The summed E-state index contributed by atoms with van der Waals surface area (Å²) in [5.41, 5.74) is 3.20. The summed E-state index contributed by atoms with van der Waals surface area (Å²) in [7, 11) is 0. The van der Waals surface area contributed by atoms with E-state index in [9.17, 15) is 45.5 Å². The molecular formula is C67H74F6O10. The van der Waals surface area contributed by atoms with Crippen molar-refractivity contribution in [3.63, 3.8) is 0 Å². The molecule has 0 fully saturated rings. The van der Waals surface area contributed by atoms with Gasteiger partial charge in [-0.25, -0.2) is 19.2 Å². The third kappa shape index (κ3) is 22.2. The van der Waals surface area contributed by atoms with Crippen LogP contribution in [0.5, 0.6) is 23.0 Å². The number of esters is 4. The zero-order chi connectivity index (χ0) is 59.5. The van der Waals surface area contributed by atoms with Crippen molar-refractivity contribution in [1.29, 1.82) is 0 Å². The molecule has 0 aliphatic carbocycles. The van der Waals surface area contributed by atoms with Gasteiger partial charge in [0.2, 0.25) is 0 Å². The van der Waals surface area contributed by atoms with E-state index in [2.05, 4.69) is 13.8 Å². The van der Waals surface area contributed by atoms with Gasteiger partial charge in [0.15, 0.2) is 12.2 Å². The van der Waals surface area contributed by atoms with Crippen LogP contribution in [0, 0.1) is 0 Å². The van der Waals surface area contributed by atoms with Gasteiger partial charge in [0.1, 0.15) is 23.0 Å². The first kappa shape index (κ1) is 64.5. The van der Waals surface area contributed by atoms with Crippen LogP contribution in [0.2, 0.25) is 0 Å². The highest BCUT2D eigenvalue weighted by Crippen LogP contribution is 2.33. The van der Waals surface area contributed by atoms with E-state index in [0.29, 0.717) is 13.2 Å². The van der Waals surface area contributed by atoms with Gasteiger partial charge in [0.05, 0.1) is 35.5 Å². The standard InChI is InChI=1S/C67H74F6O10/c1-3-5-7-9-11-13-15-17-46-78-56-38-30-50(31-39-56)48-22-26-52(27-23-48)62(74)80-58-42-34-54(35-43-58)64(76)82-60(66(68,69)70)20-19-21-61(67(71,72)73)83-65(77)55-36-44-59(45-37-55)81-63(75)53-28-24-49(25-29-53)51-32-40-57(41-33-51)79-47-18-16-14-12-10-8-6-4-2/h22-45,60-61H,3-21,46-47H2,1-2H3/t60-,61-/m1/s1. The summed E-state index contributed by atoms with van der Waals surface area (Å²) >= 11 is 0. The van der Waals surface area contributed by atoms with E-state index >= 15 is 0 Å². The molecule has 0 amide bonds. The molecular weight excluding hydrogens is 1080 g/mol. The molecule has 0 aliphatic rings. The first-order chi connectivity index (χ1) is 40.0. The molecule has 444 valence electrons. The minimum Gasteiger partial charge on any atom is -0.494 e. The molecule has 0 N–H and O–H groups in total. The Morgan fingerprint density at radius 2 is 0.578 bits per heavy atom. The number of benzene rings is 6. The quantitative estimate of drug-likeness (QED) is 0.0167. The highest BCUT2D eigenvalue weighted by molar-refractivity contribution is 5.93. The zero-order valence-corrected chi connectivity index (χ0v) is 47.2. The van der Waals surface area contributed by atoms with Crippen LogP contribution in [0.1, 0.15) is 177 Å². The lowest BCUT2D eigenvalue weighted by molar-refractivity contribution is -0.213. The van der Waals surface area contributed by atoms with E-state index in [0.717, 1.165) is 83.7 Å². The normalized spacial score (nSPS) is 12.2. The maximum atomic E-state index is 14.1. The van der Waals surface area contributed by atoms with E-state index in [-0.39, 0.29) is 33.8 Å². The van der Waals surface area contributed by atoms with Crippen molar-refractivity contribution in [2.24, 2.45) is 0 Å².